The van der Waals surface area contributed by atoms with E-state index in [2.05, 4.69) is 86.4 Å². The molecule has 1 heterocycles. The number of hydrogen-bond acceptors (Lipinski definition) is 4. The molecule has 0 fully saturated rings. The van der Waals surface area contributed by atoms with Crippen LogP contribution in [-0.4, -0.2) is 41.2 Å². The van der Waals surface area contributed by atoms with Gasteiger partial charge >= 0.3 is 0 Å². The van der Waals surface area contributed by atoms with Crippen LogP contribution in [0.1, 0.15) is 50.4 Å². The molecule has 5 heteroatoms. The van der Waals surface area contributed by atoms with Crippen LogP contribution in [0.25, 0.3) is 22.2 Å². The van der Waals surface area contributed by atoms with E-state index in [4.69, 9.17) is 4.98 Å². The van der Waals surface area contributed by atoms with Crippen LogP contribution in [0.2, 0.25) is 0 Å². The summed E-state index contributed by atoms with van der Waals surface area (Å²) in [5.41, 5.74) is 6.39. The summed E-state index contributed by atoms with van der Waals surface area (Å²) in [6.45, 7) is 11.9. The first-order valence-electron chi connectivity index (χ1n) is 14.1. The number of fused-ring (bicyclic) bond motifs is 1. The molecule has 3 aromatic carbocycles. The number of carbonyl (C=O) groups excluding carboxylic acids is 1. The van der Waals surface area contributed by atoms with Crippen LogP contribution in [0.3, 0.4) is 0 Å². The molecule has 1 amide bonds. The predicted molar refractivity (Wildman–Crippen MR) is 167 cm³/mol. The van der Waals surface area contributed by atoms with E-state index >= 15 is 0 Å². The van der Waals surface area contributed by atoms with E-state index in [1.807, 2.05) is 48.2 Å². The van der Waals surface area contributed by atoms with E-state index in [1.54, 1.807) is 0 Å². The highest BCUT2D eigenvalue weighted by molar-refractivity contribution is 7.98. The Morgan fingerprint density at radius 2 is 1.51 bits per heavy atom. The van der Waals surface area contributed by atoms with Gasteiger partial charge in [-0.1, -0.05) is 107 Å². The van der Waals surface area contributed by atoms with Gasteiger partial charge in [0.05, 0.1) is 23.7 Å². The summed E-state index contributed by atoms with van der Waals surface area (Å²) < 4.78 is 0. The molecule has 204 valence electrons. The van der Waals surface area contributed by atoms with Crippen molar-refractivity contribution in [1.29, 1.82) is 0 Å². The number of para-hydroxylation sites is 1. The molecule has 0 aliphatic heterocycles. The van der Waals surface area contributed by atoms with Crippen LogP contribution in [0, 0.1) is 5.92 Å². The molecule has 0 radical (unpaired) electrons. The minimum absolute atomic E-state index is 0.0349. The summed E-state index contributed by atoms with van der Waals surface area (Å²) in [7, 11) is 0. The highest BCUT2D eigenvalue weighted by atomic mass is 32.2. The van der Waals surface area contributed by atoms with Crippen LogP contribution >= 0.6 is 11.8 Å². The van der Waals surface area contributed by atoms with Crippen molar-refractivity contribution in [2.24, 2.45) is 5.92 Å². The van der Waals surface area contributed by atoms with Gasteiger partial charge in [0.25, 0.3) is 0 Å². The standard InChI is InChI=1S/C34H41N3OS/c1-5-37(6-2)21-22-39-24-30-29(23-32(38)36-33(25(3)4)26-15-9-7-10-16-26)28-19-13-14-20-31(28)35-34(30)27-17-11-8-12-18-27/h7-20,25,33H,5-6,21-24H2,1-4H3,(H,36,38)/t33-/m0/s1. The van der Waals surface area contributed by atoms with Gasteiger partial charge in [0.15, 0.2) is 0 Å². The number of aromatic nitrogens is 1. The molecule has 1 atom stereocenters. The summed E-state index contributed by atoms with van der Waals surface area (Å²) in [6, 6.07) is 28.9. The lowest BCUT2D eigenvalue weighted by Gasteiger charge is -2.24. The quantitative estimate of drug-likeness (QED) is 0.178. The predicted octanol–water partition coefficient (Wildman–Crippen LogP) is 7.53. The minimum Gasteiger partial charge on any atom is -0.349 e. The van der Waals surface area contributed by atoms with E-state index in [9.17, 15) is 4.79 Å². The molecular formula is C34H41N3OS. The molecule has 0 aliphatic carbocycles. The normalized spacial score (nSPS) is 12.3. The Bertz CT molecular complexity index is 1340. The number of hydrogen-bond donors (Lipinski definition) is 1. The third kappa shape index (κ3) is 7.49. The van der Waals surface area contributed by atoms with Crippen LogP contribution in [-0.2, 0) is 17.0 Å². The molecule has 1 aromatic heterocycles. The Labute approximate surface area is 238 Å². The first-order chi connectivity index (χ1) is 19.0. The molecular weight excluding hydrogens is 498 g/mol. The van der Waals surface area contributed by atoms with Crippen molar-refractivity contribution < 1.29 is 4.79 Å². The van der Waals surface area contributed by atoms with Gasteiger partial charge in [0.1, 0.15) is 0 Å². The van der Waals surface area contributed by atoms with Crippen molar-refractivity contribution in [3.05, 3.63) is 102 Å². The van der Waals surface area contributed by atoms with Crippen LogP contribution in [0.5, 0.6) is 0 Å². The van der Waals surface area contributed by atoms with E-state index in [-0.39, 0.29) is 17.9 Å². The monoisotopic (exact) mass is 539 g/mol. The van der Waals surface area contributed by atoms with Crippen molar-refractivity contribution in [3.63, 3.8) is 0 Å². The van der Waals surface area contributed by atoms with Crippen molar-refractivity contribution in [1.82, 2.24) is 15.2 Å². The molecule has 0 bridgehead atoms. The maximum Gasteiger partial charge on any atom is 0.224 e. The van der Waals surface area contributed by atoms with Crippen LogP contribution in [0.4, 0.5) is 0 Å². The van der Waals surface area contributed by atoms with E-state index in [0.29, 0.717) is 6.42 Å². The summed E-state index contributed by atoms with van der Waals surface area (Å²) in [5.74, 6) is 2.18. The van der Waals surface area contributed by atoms with E-state index < -0.39 is 0 Å². The van der Waals surface area contributed by atoms with Crippen LogP contribution < -0.4 is 5.32 Å². The zero-order valence-electron chi connectivity index (χ0n) is 23.7. The van der Waals surface area contributed by atoms with Gasteiger partial charge in [-0.2, -0.15) is 11.8 Å². The third-order valence-electron chi connectivity index (χ3n) is 7.33. The molecule has 0 spiro atoms. The molecule has 0 saturated heterocycles. The minimum atomic E-state index is -0.0349. The highest BCUT2D eigenvalue weighted by Gasteiger charge is 2.22. The largest absolute Gasteiger partial charge is 0.349 e. The SMILES string of the molecule is CCN(CC)CCSCc1c(-c2ccccc2)nc2ccccc2c1CC(=O)N[C@H](c1ccccc1)C(C)C. The molecule has 39 heavy (non-hydrogen) atoms. The number of nitrogens with one attached hydrogen (secondary N) is 1. The van der Waals surface area contributed by atoms with Crippen molar-refractivity contribution in [3.8, 4) is 11.3 Å². The highest BCUT2D eigenvalue weighted by Crippen LogP contribution is 2.33. The molecule has 0 aliphatic rings. The topological polar surface area (TPSA) is 45.2 Å². The van der Waals surface area contributed by atoms with Crippen molar-refractivity contribution in [2.45, 2.75) is 45.9 Å². The fourth-order valence-corrected chi connectivity index (χ4v) is 6.15. The lowest BCUT2D eigenvalue weighted by Crippen LogP contribution is -2.33. The van der Waals surface area contributed by atoms with Crippen molar-refractivity contribution >= 4 is 28.6 Å². The Morgan fingerprint density at radius 3 is 2.18 bits per heavy atom. The summed E-state index contributed by atoms with van der Waals surface area (Å²) >= 11 is 1.93. The summed E-state index contributed by atoms with van der Waals surface area (Å²) in [6.07, 6.45) is 0.324. The number of pyridine rings is 1. The fourth-order valence-electron chi connectivity index (χ4n) is 5.10. The zero-order chi connectivity index (χ0) is 27.6. The lowest BCUT2D eigenvalue weighted by molar-refractivity contribution is -0.121. The van der Waals surface area contributed by atoms with Gasteiger partial charge < -0.3 is 10.2 Å². The van der Waals surface area contributed by atoms with Gasteiger partial charge in [-0.05, 0) is 41.8 Å². The fraction of sp³-hybridized carbons (Fsp3) is 0.353. The molecule has 0 unspecified atom stereocenters. The second-order valence-corrected chi connectivity index (χ2v) is 11.4. The second-order valence-electron chi connectivity index (χ2n) is 10.3. The number of thioether (sulfide) groups is 1. The summed E-state index contributed by atoms with van der Waals surface area (Å²) in [4.78, 5) is 21.3. The van der Waals surface area contributed by atoms with Crippen molar-refractivity contribution in [2.75, 3.05) is 25.4 Å². The van der Waals surface area contributed by atoms with Gasteiger partial charge in [0.2, 0.25) is 5.91 Å². The van der Waals surface area contributed by atoms with Gasteiger partial charge in [-0.25, -0.2) is 4.98 Å². The molecule has 4 aromatic rings. The lowest BCUT2D eigenvalue weighted by atomic mass is 9.93. The third-order valence-corrected chi connectivity index (χ3v) is 8.29. The first kappa shape index (κ1) is 28.8. The van der Waals surface area contributed by atoms with Crippen LogP contribution in [0.15, 0.2) is 84.9 Å². The Morgan fingerprint density at radius 1 is 0.872 bits per heavy atom. The molecule has 1 N–H and O–H groups in total. The zero-order valence-corrected chi connectivity index (χ0v) is 24.5. The average Bonchev–Trinajstić information content (AvgIpc) is 2.97. The first-order valence-corrected chi connectivity index (χ1v) is 15.3. The smallest absolute Gasteiger partial charge is 0.224 e. The Hall–Kier alpha value is -3.15. The molecule has 4 rings (SSSR count). The van der Waals surface area contributed by atoms with Gasteiger partial charge in [-0.3, -0.25) is 4.79 Å². The number of amides is 1. The second kappa shape index (κ2) is 14.3. The van der Waals surface area contributed by atoms with Gasteiger partial charge in [-0.15, -0.1) is 0 Å². The maximum absolute atomic E-state index is 13.7. The maximum atomic E-state index is 13.7. The molecule has 4 nitrogen and oxygen atoms in total. The number of carbonyl (C=O) groups is 1. The number of rotatable bonds is 13. The molecule has 0 saturated carbocycles. The average molecular weight is 540 g/mol. The van der Waals surface area contributed by atoms with Gasteiger partial charge in [0, 0.05) is 29.0 Å². The number of benzene rings is 3. The Kier molecular flexibility index (Phi) is 10.6. The van der Waals surface area contributed by atoms with E-state index in [1.165, 1.54) is 5.56 Å². The van der Waals surface area contributed by atoms with E-state index in [0.717, 1.165) is 64.4 Å². The Balaban J connectivity index is 1.70. The number of nitrogens with zero attached hydrogens (tertiary/aromatic N) is 2. The summed E-state index contributed by atoms with van der Waals surface area (Å²) in [5, 5.41) is 4.42.